The van der Waals surface area contributed by atoms with Crippen LogP contribution >= 0.6 is 15.9 Å². The Balaban J connectivity index is 2.50. The first-order chi connectivity index (χ1) is 10.1. The van der Waals surface area contributed by atoms with E-state index < -0.39 is 11.9 Å². The highest BCUT2D eigenvalue weighted by Crippen LogP contribution is 2.30. The number of esters is 2. The fourth-order valence-corrected chi connectivity index (χ4v) is 2.38. The average molecular weight is 355 g/mol. The van der Waals surface area contributed by atoms with Crippen molar-refractivity contribution in [1.82, 2.24) is 0 Å². The number of ether oxygens (including phenoxy) is 2. The van der Waals surface area contributed by atoms with Crippen LogP contribution in [0.1, 0.15) is 30.0 Å². The Hall–Kier alpha value is -1.82. The third kappa shape index (κ3) is 3.44. The van der Waals surface area contributed by atoms with E-state index in [1.54, 1.807) is 32.0 Å². The zero-order valence-corrected chi connectivity index (χ0v) is 13.4. The predicted molar refractivity (Wildman–Crippen MR) is 80.2 cm³/mol. The Bertz CT molecular complexity index is 674. The van der Waals surface area contributed by atoms with Crippen molar-refractivity contribution in [2.24, 2.45) is 0 Å². The van der Waals surface area contributed by atoms with Crippen LogP contribution in [-0.2, 0) is 20.7 Å². The van der Waals surface area contributed by atoms with E-state index in [4.69, 9.17) is 13.9 Å². The summed E-state index contributed by atoms with van der Waals surface area (Å²) in [4.78, 5) is 23.7. The smallest absolute Gasteiger partial charge is 0.374 e. The number of carbonyl (C=O) groups is 2. The molecule has 0 fully saturated rings. The number of hydrogen-bond acceptors (Lipinski definition) is 5. The number of fused-ring (bicyclic) bond motifs is 1. The lowest BCUT2D eigenvalue weighted by atomic mass is 10.1. The molecule has 112 valence electrons. The van der Waals surface area contributed by atoms with Crippen LogP contribution in [0.4, 0.5) is 0 Å². The quantitative estimate of drug-likeness (QED) is 0.769. The van der Waals surface area contributed by atoms with Gasteiger partial charge in [-0.1, -0.05) is 15.9 Å². The van der Waals surface area contributed by atoms with Crippen LogP contribution < -0.4 is 0 Å². The number of furan rings is 1. The fourth-order valence-electron chi connectivity index (χ4n) is 2.01. The predicted octanol–water partition coefficient (Wildman–Crippen LogP) is 3.48. The van der Waals surface area contributed by atoms with E-state index in [0.717, 1.165) is 4.47 Å². The van der Waals surface area contributed by atoms with Gasteiger partial charge in [0.1, 0.15) is 5.58 Å². The molecule has 1 aromatic heterocycles. The molecule has 0 N–H and O–H groups in total. The lowest BCUT2D eigenvalue weighted by molar-refractivity contribution is -0.142. The van der Waals surface area contributed by atoms with Gasteiger partial charge >= 0.3 is 11.9 Å². The van der Waals surface area contributed by atoms with Gasteiger partial charge in [0, 0.05) is 15.4 Å². The van der Waals surface area contributed by atoms with Crippen LogP contribution in [0, 0.1) is 0 Å². The van der Waals surface area contributed by atoms with Gasteiger partial charge < -0.3 is 13.9 Å². The molecule has 0 spiro atoms. The lowest BCUT2D eigenvalue weighted by Gasteiger charge is -2.03. The Morgan fingerprint density at radius 1 is 1.19 bits per heavy atom. The van der Waals surface area contributed by atoms with E-state index in [1.807, 2.05) is 0 Å². The van der Waals surface area contributed by atoms with Crippen molar-refractivity contribution in [3.8, 4) is 0 Å². The van der Waals surface area contributed by atoms with E-state index in [0.29, 0.717) is 16.5 Å². The first-order valence-corrected chi connectivity index (χ1v) is 7.39. The van der Waals surface area contributed by atoms with Gasteiger partial charge in [-0.2, -0.15) is 0 Å². The third-order valence-corrected chi connectivity index (χ3v) is 3.33. The zero-order chi connectivity index (χ0) is 15.4. The van der Waals surface area contributed by atoms with Crippen molar-refractivity contribution in [2.75, 3.05) is 13.2 Å². The molecule has 0 radical (unpaired) electrons. The first kappa shape index (κ1) is 15.6. The third-order valence-electron chi connectivity index (χ3n) is 2.84. The van der Waals surface area contributed by atoms with Crippen LogP contribution in [-0.4, -0.2) is 25.2 Å². The van der Waals surface area contributed by atoms with Crippen LogP contribution in [0.3, 0.4) is 0 Å². The Morgan fingerprint density at radius 3 is 2.57 bits per heavy atom. The summed E-state index contributed by atoms with van der Waals surface area (Å²) in [6, 6.07) is 5.34. The highest BCUT2D eigenvalue weighted by atomic mass is 79.9. The molecule has 1 heterocycles. The largest absolute Gasteiger partial charge is 0.466 e. The number of rotatable bonds is 5. The Kier molecular flexibility index (Phi) is 5.01. The SMILES string of the molecule is CCOC(=O)Cc1c(C(=O)OCC)oc2ccc(Br)cc12. The van der Waals surface area contributed by atoms with Crippen LogP contribution in [0.5, 0.6) is 0 Å². The van der Waals surface area contributed by atoms with Crippen LogP contribution in [0.25, 0.3) is 11.0 Å². The average Bonchev–Trinajstić information content (AvgIpc) is 2.78. The Morgan fingerprint density at radius 2 is 1.90 bits per heavy atom. The van der Waals surface area contributed by atoms with E-state index >= 15 is 0 Å². The molecule has 0 saturated carbocycles. The second-order valence-electron chi connectivity index (χ2n) is 4.25. The summed E-state index contributed by atoms with van der Waals surface area (Å²) in [7, 11) is 0. The zero-order valence-electron chi connectivity index (χ0n) is 11.8. The molecule has 21 heavy (non-hydrogen) atoms. The molecule has 0 saturated heterocycles. The van der Waals surface area contributed by atoms with Gasteiger partial charge in [0.05, 0.1) is 19.6 Å². The van der Waals surface area contributed by atoms with Gasteiger partial charge in [-0.15, -0.1) is 0 Å². The fraction of sp³-hybridized carbons (Fsp3) is 0.333. The molecule has 6 heteroatoms. The van der Waals surface area contributed by atoms with Crippen molar-refractivity contribution >= 4 is 38.8 Å². The molecule has 0 aliphatic carbocycles. The van der Waals surface area contributed by atoms with E-state index in [9.17, 15) is 9.59 Å². The molecule has 0 bridgehead atoms. The highest BCUT2D eigenvalue weighted by Gasteiger charge is 2.24. The van der Waals surface area contributed by atoms with Gasteiger partial charge in [-0.05, 0) is 32.0 Å². The minimum atomic E-state index is -0.580. The van der Waals surface area contributed by atoms with Crippen molar-refractivity contribution < 1.29 is 23.5 Å². The Labute approximate surface area is 130 Å². The summed E-state index contributed by atoms with van der Waals surface area (Å²) < 4.78 is 16.3. The molecule has 2 aromatic rings. The summed E-state index contributed by atoms with van der Waals surface area (Å²) in [6.07, 6.45) is -0.0363. The van der Waals surface area contributed by atoms with Crippen molar-refractivity contribution in [3.05, 3.63) is 34.0 Å². The molecule has 0 aliphatic heterocycles. The second-order valence-corrected chi connectivity index (χ2v) is 5.17. The summed E-state index contributed by atoms with van der Waals surface area (Å²) in [5.41, 5.74) is 1.02. The topological polar surface area (TPSA) is 65.7 Å². The van der Waals surface area contributed by atoms with Gasteiger partial charge in [0.2, 0.25) is 5.76 Å². The molecule has 0 amide bonds. The molecular weight excluding hydrogens is 340 g/mol. The van der Waals surface area contributed by atoms with Gasteiger partial charge in [0.25, 0.3) is 0 Å². The summed E-state index contributed by atoms with van der Waals surface area (Å²) in [5.74, 6) is -0.937. The van der Waals surface area contributed by atoms with Gasteiger partial charge in [-0.25, -0.2) is 4.79 Å². The summed E-state index contributed by atoms with van der Waals surface area (Å²) >= 11 is 3.37. The molecule has 0 aliphatic rings. The standard InChI is InChI=1S/C15H15BrO5/c1-3-19-13(17)8-11-10-7-9(16)5-6-12(10)21-14(11)15(18)20-4-2/h5-7H,3-4,8H2,1-2H3. The molecule has 1 aromatic carbocycles. The highest BCUT2D eigenvalue weighted by molar-refractivity contribution is 9.10. The maximum Gasteiger partial charge on any atom is 0.374 e. The van der Waals surface area contributed by atoms with Crippen LogP contribution in [0.2, 0.25) is 0 Å². The van der Waals surface area contributed by atoms with E-state index in [2.05, 4.69) is 15.9 Å². The maximum absolute atomic E-state index is 12.0. The lowest BCUT2D eigenvalue weighted by Crippen LogP contribution is -2.12. The van der Waals surface area contributed by atoms with Crippen molar-refractivity contribution in [1.29, 1.82) is 0 Å². The minimum Gasteiger partial charge on any atom is -0.466 e. The monoisotopic (exact) mass is 354 g/mol. The van der Waals surface area contributed by atoms with Gasteiger partial charge in [-0.3, -0.25) is 4.79 Å². The number of hydrogen-bond donors (Lipinski definition) is 0. The van der Waals surface area contributed by atoms with Crippen LogP contribution in [0.15, 0.2) is 27.1 Å². The second kappa shape index (κ2) is 6.76. The normalized spacial score (nSPS) is 10.6. The van der Waals surface area contributed by atoms with E-state index in [1.165, 1.54) is 0 Å². The number of benzene rings is 1. The number of carbonyl (C=O) groups excluding carboxylic acids is 2. The van der Waals surface area contributed by atoms with Crippen molar-refractivity contribution in [2.45, 2.75) is 20.3 Å². The summed E-state index contributed by atoms with van der Waals surface area (Å²) in [5, 5.41) is 0.695. The molecule has 5 nitrogen and oxygen atoms in total. The first-order valence-electron chi connectivity index (χ1n) is 6.60. The maximum atomic E-state index is 12.0. The van der Waals surface area contributed by atoms with Crippen molar-refractivity contribution in [3.63, 3.8) is 0 Å². The van der Waals surface area contributed by atoms with E-state index in [-0.39, 0.29) is 25.4 Å². The molecule has 0 atom stereocenters. The molecule has 2 rings (SSSR count). The van der Waals surface area contributed by atoms with Gasteiger partial charge in [0.15, 0.2) is 0 Å². The molecule has 0 unspecified atom stereocenters. The number of halogens is 1. The summed E-state index contributed by atoms with van der Waals surface area (Å²) in [6.45, 7) is 3.96. The molecular formula is C15H15BrO5. The minimum absolute atomic E-state index is 0.0363.